The Bertz CT molecular complexity index is 606. The van der Waals surface area contributed by atoms with Crippen LogP contribution in [0.5, 0.6) is 0 Å². The van der Waals surface area contributed by atoms with E-state index in [-0.39, 0.29) is 11.9 Å². The third kappa shape index (κ3) is 4.33. The van der Waals surface area contributed by atoms with Gasteiger partial charge in [-0.3, -0.25) is 4.79 Å². The number of para-hydroxylation sites is 1. The van der Waals surface area contributed by atoms with Gasteiger partial charge in [-0.05, 0) is 30.5 Å². The number of thiophene rings is 1. The monoisotopic (exact) mass is 330 g/mol. The van der Waals surface area contributed by atoms with E-state index in [2.05, 4.69) is 40.5 Å². The molecule has 2 aromatic rings. The molecule has 0 spiro atoms. The van der Waals surface area contributed by atoms with Crippen LogP contribution in [0.15, 0.2) is 47.8 Å². The molecule has 0 unspecified atom stereocenters. The zero-order valence-electron chi connectivity index (χ0n) is 13.5. The normalized spacial score (nSPS) is 17.0. The molecule has 1 fully saturated rings. The first-order valence-corrected chi connectivity index (χ1v) is 9.06. The molecular formula is C18H24N3OS+. The Kier molecular flexibility index (Phi) is 5.31. The van der Waals surface area contributed by atoms with Crippen LogP contribution in [0.1, 0.15) is 17.8 Å². The number of nitrogens with one attached hydrogen (secondary N) is 2. The number of quaternary nitrogens is 1. The zero-order chi connectivity index (χ0) is 16.1. The van der Waals surface area contributed by atoms with E-state index >= 15 is 0 Å². The fraction of sp³-hybridized carbons (Fsp3) is 0.389. The number of hydrogen-bond acceptors (Lipinski definition) is 3. The molecule has 23 heavy (non-hydrogen) atoms. The highest BCUT2D eigenvalue weighted by molar-refractivity contribution is 7.10. The third-order valence-electron chi connectivity index (χ3n) is 4.35. The maximum absolute atomic E-state index is 12.2. The number of anilines is 1. The van der Waals surface area contributed by atoms with E-state index in [1.807, 2.05) is 24.4 Å². The molecule has 1 aliphatic heterocycles. The molecule has 1 saturated heterocycles. The van der Waals surface area contributed by atoms with Crippen LogP contribution in [-0.2, 0) is 4.79 Å². The van der Waals surface area contributed by atoms with Gasteiger partial charge in [-0.1, -0.05) is 24.3 Å². The van der Waals surface area contributed by atoms with Gasteiger partial charge < -0.3 is 15.1 Å². The van der Waals surface area contributed by atoms with Gasteiger partial charge in [0, 0.05) is 10.6 Å². The van der Waals surface area contributed by atoms with Gasteiger partial charge in [0.15, 0.2) is 6.54 Å². The van der Waals surface area contributed by atoms with Crippen molar-refractivity contribution >= 4 is 22.9 Å². The molecule has 0 aliphatic carbocycles. The Hall–Kier alpha value is -1.85. The minimum Gasteiger partial charge on any atom is -0.360 e. The van der Waals surface area contributed by atoms with Crippen molar-refractivity contribution in [3.05, 3.63) is 52.7 Å². The molecule has 4 nitrogen and oxygen atoms in total. The van der Waals surface area contributed by atoms with Crippen molar-refractivity contribution in [3.63, 3.8) is 0 Å². The summed E-state index contributed by atoms with van der Waals surface area (Å²) >= 11 is 1.69. The van der Waals surface area contributed by atoms with E-state index in [4.69, 9.17) is 0 Å². The van der Waals surface area contributed by atoms with Crippen LogP contribution < -0.4 is 15.1 Å². The lowest BCUT2D eigenvalue weighted by molar-refractivity contribution is -0.892. The van der Waals surface area contributed by atoms with Crippen LogP contribution in [0.25, 0.3) is 0 Å². The molecule has 2 heterocycles. The highest BCUT2D eigenvalue weighted by atomic mass is 32.1. The number of nitrogens with zero attached hydrogens (tertiary/aromatic N) is 1. The molecule has 1 aromatic carbocycles. The van der Waals surface area contributed by atoms with E-state index in [9.17, 15) is 4.79 Å². The summed E-state index contributed by atoms with van der Waals surface area (Å²) < 4.78 is 0. The first-order valence-electron chi connectivity index (χ1n) is 8.18. The maximum Gasteiger partial charge on any atom is 0.275 e. The van der Waals surface area contributed by atoms with Gasteiger partial charge in [0.25, 0.3) is 5.91 Å². The molecule has 0 bridgehead atoms. The van der Waals surface area contributed by atoms with Crippen molar-refractivity contribution in [2.45, 2.75) is 13.0 Å². The quantitative estimate of drug-likeness (QED) is 0.868. The largest absolute Gasteiger partial charge is 0.360 e. The Balaban J connectivity index is 1.44. The SMILES string of the molecule is C[C@@H](NC(=O)C[NH+]1CCN(c2ccccc2)CC1)c1cccs1. The summed E-state index contributed by atoms with van der Waals surface area (Å²) in [7, 11) is 0. The third-order valence-corrected chi connectivity index (χ3v) is 5.40. The lowest BCUT2D eigenvalue weighted by Crippen LogP contribution is -3.15. The second-order valence-electron chi connectivity index (χ2n) is 6.05. The zero-order valence-corrected chi connectivity index (χ0v) is 14.3. The summed E-state index contributed by atoms with van der Waals surface area (Å²) in [6, 6.07) is 14.7. The van der Waals surface area contributed by atoms with Gasteiger partial charge in [0.1, 0.15) is 0 Å². The van der Waals surface area contributed by atoms with E-state index in [1.54, 1.807) is 11.3 Å². The number of amides is 1. The molecule has 0 radical (unpaired) electrons. The van der Waals surface area contributed by atoms with Crippen molar-refractivity contribution in [2.75, 3.05) is 37.6 Å². The molecule has 5 heteroatoms. The molecule has 122 valence electrons. The molecule has 1 atom stereocenters. The topological polar surface area (TPSA) is 36.8 Å². The second-order valence-corrected chi connectivity index (χ2v) is 7.03. The smallest absolute Gasteiger partial charge is 0.275 e. The Labute approximate surface area is 141 Å². The van der Waals surface area contributed by atoms with Crippen LogP contribution in [0.2, 0.25) is 0 Å². The van der Waals surface area contributed by atoms with Crippen LogP contribution in [0, 0.1) is 0 Å². The van der Waals surface area contributed by atoms with Crippen molar-refractivity contribution in [3.8, 4) is 0 Å². The Morgan fingerprint density at radius 1 is 1.22 bits per heavy atom. The van der Waals surface area contributed by atoms with Gasteiger partial charge >= 0.3 is 0 Å². The number of piperazine rings is 1. The fourth-order valence-corrected chi connectivity index (χ4v) is 3.76. The number of benzene rings is 1. The molecule has 3 rings (SSSR count). The molecule has 1 aromatic heterocycles. The summed E-state index contributed by atoms with van der Waals surface area (Å²) in [6.07, 6.45) is 0. The van der Waals surface area contributed by atoms with Crippen LogP contribution in [0.4, 0.5) is 5.69 Å². The van der Waals surface area contributed by atoms with Gasteiger partial charge in [-0.15, -0.1) is 11.3 Å². The predicted molar refractivity (Wildman–Crippen MR) is 95.1 cm³/mol. The van der Waals surface area contributed by atoms with Crippen molar-refractivity contribution in [2.24, 2.45) is 0 Å². The van der Waals surface area contributed by atoms with Gasteiger partial charge in [0.05, 0.1) is 32.2 Å². The summed E-state index contributed by atoms with van der Waals surface area (Å²) in [5, 5.41) is 5.16. The minimum absolute atomic E-state index is 0.104. The molecule has 1 amide bonds. The summed E-state index contributed by atoms with van der Waals surface area (Å²) in [4.78, 5) is 17.2. The summed E-state index contributed by atoms with van der Waals surface area (Å²) in [5.41, 5.74) is 1.28. The van der Waals surface area contributed by atoms with E-state index in [0.717, 1.165) is 26.2 Å². The number of carbonyl (C=O) groups is 1. The molecule has 1 aliphatic rings. The van der Waals surface area contributed by atoms with Gasteiger partial charge in [0.2, 0.25) is 0 Å². The highest BCUT2D eigenvalue weighted by Crippen LogP contribution is 2.17. The van der Waals surface area contributed by atoms with Crippen molar-refractivity contribution in [1.82, 2.24) is 5.32 Å². The standard InChI is InChI=1S/C18H23N3OS/c1-15(17-8-5-13-23-17)19-18(22)14-20-9-11-21(12-10-20)16-6-3-2-4-7-16/h2-8,13,15H,9-12,14H2,1H3,(H,19,22)/p+1/t15-/m1/s1. The summed E-state index contributed by atoms with van der Waals surface area (Å²) in [6.45, 7) is 6.65. The average Bonchev–Trinajstić information content (AvgIpc) is 3.11. The molecular weight excluding hydrogens is 306 g/mol. The Morgan fingerprint density at radius 2 is 1.96 bits per heavy atom. The van der Waals surface area contributed by atoms with E-state index in [1.165, 1.54) is 15.5 Å². The minimum atomic E-state index is 0.104. The molecule has 0 saturated carbocycles. The van der Waals surface area contributed by atoms with Gasteiger partial charge in [-0.25, -0.2) is 0 Å². The average molecular weight is 330 g/mol. The highest BCUT2D eigenvalue weighted by Gasteiger charge is 2.23. The molecule has 2 N–H and O–H groups in total. The fourth-order valence-electron chi connectivity index (χ4n) is 3.03. The predicted octanol–water partition coefficient (Wildman–Crippen LogP) is 1.33. The number of hydrogen-bond donors (Lipinski definition) is 2. The van der Waals surface area contributed by atoms with Crippen molar-refractivity contribution < 1.29 is 9.69 Å². The van der Waals surface area contributed by atoms with Crippen LogP contribution in [-0.4, -0.2) is 38.6 Å². The van der Waals surface area contributed by atoms with Crippen LogP contribution >= 0.6 is 11.3 Å². The van der Waals surface area contributed by atoms with E-state index in [0.29, 0.717) is 6.54 Å². The number of carbonyl (C=O) groups excluding carboxylic acids is 1. The van der Waals surface area contributed by atoms with Crippen LogP contribution in [0.3, 0.4) is 0 Å². The second kappa shape index (κ2) is 7.62. The number of rotatable bonds is 5. The lowest BCUT2D eigenvalue weighted by atomic mass is 10.2. The van der Waals surface area contributed by atoms with Crippen molar-refractivity contribution in [1.29, 1.82) is 0 Å². The first kappa shape index (κ1) is 16.0. The lowest BCUT2D eigenvalue weighted by Gasteiger charge is -2.33. The maximum atomic E-state index is 12.2. The summed E-state index contributed by atoms with van der Waals surface area (Å²) in [5.74, 6) is 0.147. The Morgan fingerprint density at radius 3 is 2.61 bits per heavy atom. The van der Waals surface area contributed by atoms with Gasteiger partial charge in [-0.2, -0.15) is 0 Å². The first-order chi connectivity index (χ1) is 11.2. The van der Waals surface area contributed by atoms with E-state index < -0.39 is 0 Å².